The Bertz CT molecular complexity index is 930. The van der Waals surface area contributed by atoms with E-state index < -0.39 is 0 Å². The summed E-state index contributed by atoms with van der Waals surface area (Å²) in [5, 5.41) is 9.23. The Morgan fingerprint density at radius 1 is 0.808 bits per heavy atom. The average molecular weight is 341 g/mol. The Labute approximate surface area is 153 Å². The summed E-state index contributed by atoms with van der Waals surface area (Å²) in [6.45, 7) is 0.960. The van der Waals surface area contributed by atoms with Gasteiger partial charge in [-0.1, -0.05) is 60.7 Å². The maximum absolute atomic E-state index is 9.23. The molecule has 0 bridgehead atoms. The van der Waals surface area contributed by atoms with E-state index in [4.69, 9.17) is 9.47 Å². The SMILES string of the molecule is N#CC1Cc2cc(OCc3ccccc3)c(OCc3ccccc3)cc21. The third-order valence-electron chi connectivity index (χ3n) is 4.64. The van der Waals surface area contributed by atoms with Gasteiger partial charge in [-0.2, -0.15) is 5.26 Å². The van der Waals surface area contributed by atoms with Crippen LogP contribution in [0.2, 0.25) is 0 Å². The highest BCUT2D eigenvalue weighted by molar-refractivity contribution is 5.55. The number of hydrogen-bond donors (Lipinski definition) is 0. The number of ether oxygens (including phenoxy) is 2. The summed E-state index contributed by atoms with van der Waals surface area (Å²) >= 11 is 0. The number of nitriles is 1. The summed E-state index contributed by atoms with van der Waals surface area (Å²) in [7, 11) is 0. The molecule has 26 heavy (non-hydrogen) atoms. The fourth-order valence-electron chi connectivity index (χ4n) is 3.13. The molecule has 3 heteroatoms. The van der Waals surface area contributed by atoms with Crippen LogP contribution in [0.3, 0.4) is 0 Å². The molecule has 3 aromatic rings. The molecule has 0 heterocycles. The topological polar surface area (TPSA) is 42.2 Å². The van der Waals surface area contributed by atoms with Gasteiger partial charge in [0.15, 0.2) is 11.5 Å². The van der Waals surface area contributed by atoms with Crippen LogP contribution in [0.1, 0.15) is 28.2 Å². The summed E-state index contributed by atoms with van der Waals surface area (Å²) in [5.41, 5.74) is 4.44. The molecular weight excluding hydrogens is 322 g/mol. The first-order valence-electron chi connectivity index (χ1n) is 8.73. The number of fused-ring (bicyclic) bond motifs is 1. The predicted molar refractivity (Wildman–Crippen MR) is 100 cm³/mol. The van der Waals surface area contributed by atoms with Crippen molar-refractivity contribution in [2.24, 2.45) is 0 Å². The highest BCUT2D eigenvalue weighted by atomic mass is 16.5. The maximum Gasteiger partial charge on any atom is 0.162 e. The van der Waals surface area contributed by atoms with Crippen molar-refractivity contribution < 1.29 is 9.47 Å². The van der Waals surface area contributed by atoms with E-state index in [0.717, 1.165) is 28.9 Å². The van der Waals surface area contributed by atoms with Crippen molar-refractivity contribution in [1.82, 2.24) is 0 Å². The summed E-state index contributed by atoms with van der Waals surface area (Å²) in [4.78, 5) is 0. The molecule has 1 aliphatic rings. The third-order valence-corrected chi connectivity index (χ3v) is 4.64. The van der Waals surface area contributed by atoms with E-state index in [1.807, 2.05) is 72.8 Å². The Kier molecular flexibility index (Phi) is 4.57. The van der Waals surface area contributed by atoms with Crippen LogP contribution in [0.15, 0.2) is 72.8 Å². The molecule has 0 aliphatic heterocycles. The van der Waals surface area contributed by atoms with Gasteiger partial charge in [0.05, 0.1) is 12.0 Å². The second-order valence-corrected chi connectivity index (χ2v) is 6.43. The second kappa shape index (κ2) is 7.33. The van der Waals surface area contributed by atoms with Gasteiger partial charge in [-0.15, -0.1) is 0 Å². The van der Waals surface area contributed by atoms with Gasteiger partial charge in [-0.25, -0.2) is 0 Å². The van der Waals surface area contributed by atoms with Crippen molar-refractivity contribution in [3.05, 3.63) is 95.1 Å². The lowest BCUT2D eigenvalue weighted by molar-refractivity contribution is 0.254. The molecule has 1 unspecified atom stereocenters. The Morgan fingerprint density at radius 2 is 1.35 bits per heavy atom. The van der Waals surface area contributed by atoms with Crippen LogP contribution in [0.5, 0.6) is 11.5 Å². The molecule has 1 atom stereocenters. The monoisotopic (exact) mass is 341 g/mol. The van der Waals surface area contributed by atoms with Crippen molar-refractivity contribution >= 4 is 0 Å². The molecule has 1 aliphatic carbocycles. The average Bonchev–Trinajstić information content (AvgIpc) is 2.68. The largest absolute Gasteiger partial charge is 0.485 e. The van der Waals surface area contributed by atoms with E-state index in [2.05, 4.69) is 6.07 Å². The zero-order chi connectivity index (χ0) is 17.8. The molecule has 0 saturated carbocycles. The fourth-order valence-corrected chi connectivity index (χ4v) is 3.13. The van der Waals surface area contributed by atoms with Gasteiger partial charge in [0.25, 0.3) is 0 Å². The summed E-state index contributed by atoms with van der Waals surface area (Å²) in [6.07, 6.45) is 0.784. The van der Waals surface area contributed by atoms with Gasteiger partial charge in [-0.05, 0) is 40.8 Å². The Balaban J connectivity index is 1.55. The number of rotatable bonds is 6. The predicted octanol–water partition coefficient (Wildman–Crippen LogP) is 5.01. The van der Waals surface area contributed by atoms with Gasteiger partial charge in [0.2, 0.25) is 0 Å². The van der Waals surface area contributed by atoms with E-state index in [0.29, 0.717) is 19.0 Å². The number of benzene rings is 3. The van der Waals surface area contributed by atoms with Crippen molar-refractivity contribution in [1.29, 1.82) is 5.26 Å². The van der Waals surface area contributed by atoms with Crippen LogP contribution < -0.4 is 9.47 Å². The highest BCUT2D eigenvalue weighted by Gasteiger charge is 2.28. The van der Waals surface area contributed by atoms with Crippen molar-refractivity contribution in [2.45, 2.75) is 25.6 Å². The molecule has 0 radical (unpaired) electrons. The highest BCUT2D eigenvalue weighted by Crippen LogP contribution is 2.42. The minimum atomic E-state index is -0.0350. The quantitative estimate of drug-likeness (QED) is 0.633. The fraction of sp³-hybridized carbons (Fsp3) is 0.174. The molecule has 0 aromatic heterocycles. The zero-order valence-electron chi connectivity index (χ0n) is 14.4. The molecule has 0 amide bonds. The van der Waals surface area contributed by atoms with E-state index in [9.17, 15) is 5.26 Å². The lowest BCUT2D eigenvalue weighted by Gasteiger charge is -2.27. The molecule has 4 rings (SSSR count). The van der Waals surface area contributed by atoms with Gasteiger partial charge in [0, 0.05) is 0 Å². The van der Waals surface area contributed by atoms with E-state index in [1.54, 1.807) is 0 Å². The Hall–Kier alpha value is -3.25. The normalized spacial score (nSPS) is 14.7. The van der Waals surface area contributed by atoms with Crippen molar-refractivity contribution in [3.63, 3.8) is 0 Å². The molecule has 3 aromatic carbocycles. The van der Waals surface area contributed by atoms with Crippen LogP contribution in [0.25, 0.3) is 0 Å². The maximum atomic E-state index is 9.23. The first-order valence-corrected chi connectivity index (χ1v) is 8.73. The smallest absolute Gasteiger partial charge is 0.162 e. The minimum absolute atomic E-state index is 0.0350. The molecule has 0 saturated heterocycles. The number of nitrogens with zero attached hydrogens (tertiary/aromatic N) is 1. The Morgan fingerprint density at radius 3 is 1.88 bits per heavy atom. The summed E-state index contributed by atoms with van der Waals surface area (Å²) in [6, 6.07) is 26.4. The van der Waals surface area contributed by atoms with E-state index in [-0.39, 0.29) is 5.92 Å². The van der Waals surface area contributed by atoms with Crippen LogP contribution >= 0.6 is 0 Å². The molecule has 0 fully saturated rings. The molecule has 128 valence electrons. The first-order chi connectivity index (χ1) is 12.8. The lowest BCUT2D eigenvalue weighted by Crippen LogP contribution is -2.16. The first kappa shape index (κ1) is 16.2. The molecule has 3 nitrogen and oxygen atoms in total. The van der Waals surface area contributed by atoms with Crippen LogP contribution in [-0.2, 0) is 19.6 Å². The van der Waals surface area contributed by atoms with Gasteiger partial charge >= 0.3 is 0 Å². The van der Waals surface area contributed by atoms with Crippen LogP contribution in [0, 0.1) is 11.3 Å². The van der Waals surface area contributed by atoms with Crippen LogP contribution in [-0.4, -0.2) is 0 Å². The molecule has 0 spiro atoms. The zero-order valence-corrected chi connectivity index (χ0v) is 14.4. The second-order valence-electron chi connectivity index (χ2n) is 6.43. The van der Waals surface area contributed by atoms with Crippen molar-refractivity contribution in [2.75, 3.05) is 0 Å². The third kappa shape index (κ3) is 3.41. The summed E-state index contributed by atoms with van der Waals surface area (Å²) < 4.78 is 12.1. The number of hydrogen-bond acceptors (Lipinski definition) is 3. The standard InChI is InChI=1S/C23H19NO2/c24-14-20-11-19-12-22(25-15-17-7-3-1-4-8-17)23(13-21(19)20)26-16-18-9-5-2-6-10-18/h1-10,12-13,20H,11,15-16H2. The van der Waals surface area contributed by atoms with E-state index >= 15 is 0 Å². The van der Waals surface area contributed by atoms with Gasteiger partial charge in [-0.3, -0.25) is 0 Å². The molecule has 0 N–H and O–H groups in total. The molecular formula is C23H19NO2. The van der Waals surface area contributed by atoms with Crippen molar-refractivity contribution in [3.8, 4) is 17.6 Å². The lowest BCUT2D eigenvalue weighted by atomic mass is 9.78. The van der Waals surface area contributed by atoms with E-state index in [1.165, 1.54) is 5.56 Å². The minimum Gasteiger partial charge on any atom is -0.485 e. The summed E-state index contributed by atoms with van der Waals surface area (Å²) in [5.74, 6) is 1.40. The van der Waals surface area contributed by atoms with Gasteiger partial charge < -0.3 is 9.47 Å². The van der Waals surface area contributed by atoms with Crippen LogP contribution in [0.4, 0.5) is 0 Å². The van der Waals surface area contributed by atoms with Gasteiger partial charge in [0.1, 0.15) is 13.2 Å².